The van der Waals surface area contributed by atoms with Crippen LogP contribution in [0.25, 0.3) is 16.1 Å². The van der Waals surface area contributed by atoms with Gasteiger partial charge in [-0.1, -0.05) is 112 Å². The van der Waals surface area contributed by atoms with E-state index >= 15 is 0 Å². The van der Waals surface area contributed by atoms with Crippen molar-refractivity contribution in [2.75, 3.05) is 0 Å². The fourth-order valence-electron chi connectivity index (χ4n) is 4.88. The fraction of sp³-hybridized carbons (Fsp3) is 0.556. The molecule has 0 aromatic heterocycles. The van der Waals surface area contributed by atoms with Crippen LogP contribution < -0.4 is 0 Å². The van der Waals surface area contributed by atoms with Crippen LogP contribution in [-0.2, 0) is 30.3 Å². The molecule has 1 aliphatic carbocycles. The predicted octanol–water partition coefficient (Wildman–Crippen LogP) is 8.31. The Morgan fingerprint density at radius 2 is 1.03 bits per heavy atom. The maximum atomic E-state index is 5.44. The molecule has 2 aromatic carbocycles. The zero-order valence-corrected chi connectivity index (χ0v) is 25.2. The number of rotatable bonds is 2. The van der Waals surface area contributed by atoms with Crippen LogP contribution in [-0.4, -0.2) is 13.8 Å². The molecule has 30 heavy (non-hydrogen) atoms. The molecule has 2 aromatic rings. The molecule has 0 fully saturated rings. The zero-order chi connectivity index (χ0) is 22.0. The molecule has 0 saturated carbocycles. The predicted molar refractivity (Wildman–Crippen MR) is 132 cm³/mol. The summed E-state index contributed by atoms with van der Waals surface area (Å²) in [6.07, 6.45) is 0. The molecule has 0 atom stereocenters. The number of hydrogen-bond acceptors (Lipinski definition) is 0. The Balaban J connectivity index is 0.00000320. The second-order valence-electron chi connectivity index (χ2n) is 12.5. The average molecular weight is 472 g/mol. The van der Waals surface area contributed by atoms with Crippen LogP contribution in [0.15, 0.2) is 36.4 Å². The van der Waals surface area contributed by atoms with Crippen molar-refractivity contribution in [3.63, 3.8) is 0 Å². The third-order valence-corrected chi connectivity index (χ3v) is 9.36. The second-order valence-corrected chi connectivity index (χ2v) is 16.6. The molecule has 0 N–H and O–H groups in total. The molecule has 0 radical (unpaired) electrons. The molecule has 0 spiro atoms. The normalized spacial score (nSPS) is 14.9. The molecule has 3 rings (SSSR count). The second kappa shape index (κ2) is 7.98. The van der Waals surface area contributed by atoms with Gasteiger partial charge in [0.25, 0.3) is 0 Å². The van der Waals surface area contributed by atoms with Gasteiger partial charge in [0.15, 0.2) is 0 Å². The monoisotopic (exact) mass is 470 g/mol. The Hall–Kier alpha value is -0.760. The van der Waals surface area contributed by atoms with Gasteiger partial charge in [0, 0.05) is 19.5 Å². The van der Waals surface area contributed by atoms with Crippen molar-refractivity contribution in [1.29, 1.82) is 0 Å². The first kappa shape index (κ1) is 25.5. The van der Waals surface area contributed by atoms with Crippen LogP contribution in [0.3, 0.4) is 0 Å². The SMILES string of the molecule is CC(C)(C)[N-][Si](C)(C)C1c2cc(C(C)(C)C)ccc2-c2ccc(C(C)(C)C)cc21.[Zn]. The van der Waals surface area contributed by atoms with E-state index in [-0.39, 0.29) is 35.8 Å². The minimum Gasteiger partial charge on any atom is -0.659 e. The van der Waals surface area contributed by atoms with Crippen LogP contribution in [0, 0.1) is 0 Å². The van der Waals surface area contributed by atoms with Gasteiger partial charge in [-0.05, 0) is 58.0 Å². The maximum Gasteiger partial charge on any atom is 0 e. The van der Waals surface area contributed by atoms with E-state index in [4.69, 9.17) is 4.98 Å². The standard InChI is InChI=1S/C27H40NSi.Zn/c1-25(2,3)18-12-14-20-21-15-13-19(26(4,5)6)17-23(21)24(22(20)16-18)29(10,11)28-27(7,8)9;/h12-17,24H,1-11H3;/q-1;. The summed E-state index contributed by atoms with van der Waals surface area (Å²) >= 11 is 0. The summed E-state index contributed by atoms with van der Waals surface area (Å²) in [5, 5.41) is 0. The van der Waals surface area contributed by atoms with E-state index in [9.17, 15) is 0 Å². The van der Waals surface area contributed by atoms with E-state index in [0.29, 0.717) is 5.54 Å². The van der Waals surface area contributed by atoms with Crippen molar-refractivity contribution >= 4 is 8.24 Å². The van der Waals surface area contributed by atoms with E-state index in [1.165, 1.54) is 33.4 Å². The minimum atomic E-state index is -1.95. The molecule has 0 saturated heterocycles. The van der Waals surface area contributed by atoms with Gasteiger partial charge in [0.2, 0.25) is 0 Å². The van der Waals surface area contributed by atoms with Crippen LogP contribution in [0.5, 0.6) is 0 Å². The molecule has 1 nitrogen and oxygen atoms in total. The van der Waals surface area contributed by atoms with Crippen molar-refractivity contribution in [2.45, 2.75) is 97.3 Å². The van der Waals surface area contributed by atoms with Crippen molar-refractivity contribution in [3.05, 3.63) is 63.6 Å². The van der Waals surface area contributed by atoms with Crippen LogP contribution in [0.2, 0.25) is 13.1 Å². The Bertz CT molecular complexity index is 860. The summed E-state index contributed by atoms with van der Waals surface area (Å²) in [5.74, 6) is 0. The van der Waals surface area contributed by atoms with E-state index in [1.54, 1.807) is 0 Å². The molecular weight excluding hydrogens is 432 g/mol. The van der Waals surface area contributed by atoms with E-state index < -0.39 is 8.24 Å². The maximum absolute atomic E-state index is 5.44. The van der Waals surface area contributed by atoms with Crippen molar-refractivity contribution in [1.82, 2.24) is 0 Å². The van der Waals surface area contributed by atoms with Gasteiger partial charge >= 0.3 is 0 Å². The summed E-state index contributed by atoms with van der Waals surface area (Å²) in [4.78, 5) is 5.44. The molecule has 0 amide bonds. The Morgan fingerprint density at radius 3 is 1.33 bits per heavy atom. The van der Waals surface area contributed by atoms with Crippen LogP contribution in [0.1, 0.15) is 90.1 Å². The van der Waals surface area contributed by atoms with E-state index in [0.717, 1.165) is 0 Å². The first-order chi connectivity index (χ1) is 13.0. The van der Waals surface area contributed by atoms with Crippen molar-refractivity contribution in [2.24, 2.45) is 0 Å². The van der Waals surface area contributed by atoms with E-state index in [1.807, 2.05) is 0 Å². The molecule has 160 valence electrons. The van der Waals surface area contributed by atoms with Crippen LogP contribution >= 0.6 is 0 Å². The minimum absolute atomic E-state index is 0. The number of benzene rings is 2. The molecule has 0 unspecified atom stereocenters. The Kier molecular flexibility index (Phi) is 6.78. The zero-order valence-electron chi connectivity index (χ0n) is 21.2. The molecule has 0 aliphatic heterocycles. The number of hydrogen-bond donors (Lipinski definition) is 0. The van der Waals surface area contributed by atoms with E-state index in [2.05, 4.69) is 112 Å². The first-order valence-corrected chi connectivity index (χ1v) is 14.1. The molecule has 0 heterocycles. The Labute approximate surface area is 199 Å². The number of nitrogens with zero attached hydrogens (tertiary/aromatic N) is 1. The van der Waals surface area contributed by atoms with Gasteiger partial charge in [-0.2, -0.15) is 0 Å². The summed E-state index contributed by atoms with van der Waals surface area (Å²) in [7, 11) is -1.95. The van der Waals surface area contributed by atoms with Gasteiger partial charge in [-0.3, -0.25) is 0 Å². The van der Waals surface area contributed by atoms with Gasteiger partial charge < -0.3 is 4.98 Å². The largest absolute Gasteiger partial charge is 0.659 e. The topological polar surface area (TPSA) is 14.1 Å². The smallest absolute Gasteiger partial charge is 0 e. The Morgan fingerprint density at radius 1 is 0.667 bits per heavy atom. The summed E-state index contributed by atoms with van der Waals surface area (Å²) in [5.41, 5.74) is 9.39. The average Bonchev–Trinajstić information content (AvgIpc) is 2.84. The first-order valence-electron chi connectivity index (χ1n) is 11.0. The third-order valence-electron chi connectivity index (χ3n) is 6.08. The summed E-state index contributed by atoms with van der Waals surface area (Å²) < 4.78 is 0. The fourth-order valence-corrected chi connectivity index (χ4v) is 8.74. The number of fused-ring (bicyclic) bond motifs is 3. The van der Waals surface area contributed by atoms with Gasteiger partial charge in [0.1, 0.15) is 0 Å². The summed E-state index contributed by atoms with van der Waals surface area (Å²) in [6, 6.07) is 14.4. The molecule has 0 bridgehead atoms. The van der Waals surface area contributed by atoms with Gasteiger partial charge in [-0.25, -0.2) is 0 Å². The molecule has 1 aliphatic rings. The van der Waals surface area contributed by atoms with Gasteiger partial charge in [-0.15, -0.1) is 5.54 Å². The third kappa shape index (κ3) is 5.00. The summed E-state index contributed by atoms with van der Waals surface area (Å²) in [6.45, 7) is 25.5. The van der Waals surface area contributed by atoms with Gasteiger partial charge in [0.05, 0.1) is 0 Å². The van der Waals surface area contributed by atoms with Crippen molar-refractivity contribution in [3.8, 4) is 11.1 Å². The van der Waals surface area contributed by atoms with Crippen LogP contribution in [0.4, 0.5) is 0 Å². The molecule has 3 heteroatoms. The molecular formula is C27H40NSiZn-. The quantitative estimate of drug-likeness (QED) is 0.391. The van der Waals surface area contributed by atoms with Crippen molar-refractivity contribution < 1.29 is 19.5 Å².